The number of benzene rings is 2. The van der Waals surface area contributed by atoms with E-state index >= 15 is 0 Å². The summed E-state index contributed by atoms with van der Waals surface area (Å²) >= 11 is 6.21. The number of hydrogen-bond donors (Lipinski definition) is 0. The topological polar surface area (TPSA) is 9.72 Å². The minimum atomic E-state index is -0.220. The van der Waals surface area contributed by atoms with Crippen LogP contribution in [0.1, 0.15) is 18.4 Å². The van der Waals surface area contributed by atoms with Crippen LogP contribution in [0.5, 0.6) is 0 Å². The van der Waals surface area contributed by atoms with Crippen LogP contribution in [0.4, 0.5) is 14.5 Å². The van der Waals surface area contributed by atoms with E-state index in [0.29, 0.717) is 23.2 Å². The van der Waals surface area contributed by atoms with Crippen LogP contribution in [0.25, 0.3) is 0 Å². The lowest BCUT2D eigenvalue weighted by Gasteiger charge is -2.44. The zero-order valence-electron chi connectivity index (χ0n) is 16.0. The van der Waals surface area contributed by atoms with Gasteiger partial charge in [-0.1, -0.05) is 17.7 Å². The van der Waals surface area contributed by atoms with Crippen molar-refractivity contribution < 1.29 is 8.78 Å². The maximum absolute atomic E-state index is 14.1. The second kappa shape index (κ2) is 8.76. The minimum Gasteiger partial charge on any atom is -0.369 e. The van der Waals surface area contributed by atoms with Gasteiger partial charge in [-0.3, -0.25) is 9.80 Å². The summed E-state index contributed by atoms with van der Waals surface area (Å²) in [6, 6.07) is 12.1. The standard InChI is InChI=1S/C22H26ClF2N3/c23-21-4-1-5-22(25)20(21)16-26-10-2-3-19(15-26)28-13-11-27(12-14-28)18-8-6-17(24)7-9-18/h1,4-9,19H,2-3,10-16H2/t19-/m0/s1. The molecule has 2 heterocycles. The fourth-order valence-electron chi connectivity index (χ4n) is 4.38. The summed E-state index contributed by atoms with van der Waals surface area (Å²) in [6.45, 7) is 6.38. The number of rotatable bonds is 4. The molecule has 6 heteroatoms. The van der Waals surface area contributed by atoms with Gasteiger partial charge in [0.05, 0.1) is 0 Å². The van der Waals surface area contributed by atoms with Gasteiger partial charge in [0, 0.05) is 61.6 Å². The molecule has 0 spiro atoms. The zero-order valence-corrected chi connectivity index (χ0v) is 16.7. The van der Waals surface area contributed by atoms with E-state index in [1.165, 1.54) is 24.6 Å². The first-order valence-corrected chi connectivity index (χ1v) is 10.4. The molecule has 2 saturated heterocycles. The number of hydrogen-bond acceptors (Lipinski definition) is 3. The van der Waals surface area contributed by atoms with E-state index in [0.717, 1.165) is 51.4 Å². The Hall–Kier alpha value is -1.69. The maximum Gasteiger partial charge on any atom is 0.129 e. The molecule has 2 aliphatic heterocycles. The second-order valence-electron chi connectivity index (χ2n) is 7.73. The summed E-state index contributed by atoms with van der Waals surface area (Å²) in [4.78, 5) is 7.19. The Morgan fingerprint density at radius 2 is 1.68 bits per heavy atom. The number of piperazine rings is 1. The molecule has 4 rings (SSSR count). The van der Waals surface area contributed by atoms with E-state index in [2.05, 4.69) is 14.7 Å². The van der Waals surface area contributed by atoms with Crippen LogP contribution >= 0.6 is 11.6 Å². The van der Waals surface area contributed by atoms with Gasteiger partial charge in [0.15, 0.2) is 0 Å². The molecule has 0 N–H and O–H groups in total. The Kier molecular flexibility index (Phi) is 6.14. The number of piperidine rings is 1. The number of likely N-dealkylation sites (tertiary alicyclic amines) is 1. The molecule has 2 aliphatic rings. The van der Waals surface area contributed by atoms with Crippen LogP contribution in [0.3, 0.4) is 0 Å². The van der Waals surface area contributed by atoms with Crippen molar-refractivity contribution in [1.29, 1.82) is 0 Å². The average molecular weight is 406 g/mol. The van der Waals surface area contributed by atoms with Crippen LogP contribution in [0.15, 0.2) is 42.5 Å². The van der Waals surface area contributed by atoms with Gasteiger partial charge in [-0.05, 0) is 55.8 Å². The first kappa shape index (κ1) is 19.6. The van der Waals surface area contributed by atoms with Crippen molar-refractivity contribution >= 4 is 17.3 Å². The number of anilines is 1. The molecule has 0 unspecified atom stereocenters. The molecule has 1 atom stereocenters. The van der Waals surface area contributed by atoms with E-state index in [1.54, 1.807) is 12.1 Å². The molecule has 2 fully saturated rings. The normalized spacial score (nSPS) is 21.8. The van der Waals surface area contributed by atoms with Crippen LogP contribution in [0.2, 0.25) is 5.02 Å². The number of nitrogens with zero attached hydrogens (tertiary/aromatic N) is 3. The summed E-state index contributed by atoms with van der Waals surface area (Å²) in [5.41, 5.74) is 1.69. The largest absolute Gasteiger partial charge is 0.369 e. The molecule has 150 valence electrons. The van der Waals surface area contributed by atoms with Crippen molar-refractivity contribution in [1.82, 2.24) is 9.80 Å². The van der Waals surface area contributed by atoms with Gasteiger partial charge in [-0.2, -0.15) is 0 Å². The lowest BCUT2D eigenvalue weighted by atomic mass is 10.0. The molecule has 3 nitrogen and oxygen atoms in total. The highest BCUT2D eigenvalue weighted by atomic mass is 35.5. The van der Waals surface area contributed by atoms with Gasteiger partial charge in [0.25, 0.3) is 0 Å². The summed E-state index contributed by atoms with van der Waals surface area (Å²) in [6.07, 6.45) is 2.30. The summed E-state index contributed by atoms with van der Waals surface area (Å²) in [5.74, 6) is -0.415. The quantitative estimate of drug-likeness (QED) is 0.746. The van der Waals surface area contributed by atoms with Crippen molar-refractivity contribution in [3.05, 3.63) is 64.7 Å². The third-order valence-electron chi connectivity index (χ3n) is 5.95. The van der Waals surface area contributed by atoms with E-state index in [9.17, 15) is 8.78 Å². The summed E-state index contributed by atoms with van der Waals surface area (Å²) < 4.78 is 27.3. The molecule has 0 bridgehead atoms. The third kappa shape index (κ3) is 4.48. The fourth-order valence-corrected chi connectivity index (χ4v) is 4.60. The lowest BCUT2D eigenvalue weighted by molar-refractivity contribution is 0.0882. The summed E-state index contributed by atoms with van der Waals surface area (Å²) in [7, 11) is 0. The van der Waals surface area contributed by atoms with Crippen molar-refractivity contribution in [3.63, 3.8) is 0 Å². The van der Waals surface area contributed by atoms with Crippen molar-refractivity contribution in [2.75, 3.05) is 44.2 Å². The Bertz CT molecular complexity index is 771. The van der Waals surface area contributed by atoms with Gasteiger partial charge in [0.2, 0.25) is 0 Å². The second-order valence-corrected chi connectivity index (χ2v) is 8.14. The molecular weight excluding hydrogens is 380 g/mol. The summed E-state index contributed by atoms with van der Waals surface area (Å²) in [5, 5.41) is 0.509. The van der Waals surface area contributed by atoms with Crippen molar-refractivity contribution in [2.45, 2.75) is 25.4 Å². The molecule has 0 amide bonds. The highest BCUT2D eigenvalue weighted by Gasteiger charge is 2.28. The van der Waals surface area contributed by atoms with Gasteiger partial charge < -0.3 is 4.90 Å². The average Bonchev–Trinajstić information content (AvgIpc) is 2.72. The molecule has 28 heavy (non-hydrogen) atoms. The SMILES string of the molecule is Fc1ccc(N2CCN([C@H]3CCCN(Cc4c(F)cccc4Cl)C3)CC2)cc1. The van der Waals surface area contributed by atoms with E-state index in [1.807, 2.05) is 12.1 Å². The maximum atomic E-state index is 14.1. The number of halogens is 3. The Morgan fingerprint density at radius 1 is 0.929 bits per heavy atom. The van der Waals surface area contributed by atoms with Gasteiger partial charge in [-0.15, -0.1) is 0 Å². The Labute approximate surface area is 170 Å². The molecule has 0 aliphatic carbocycles. The predicted octanol–water partition coefficient (Wildman–Crippen LogP) is 4.40. The lowest BCUT2D eigenvalue weighted by Crippen LogP contribution is -2.55. The monoisotopic (exact) mass is 405 g/mol. The van der Waals surface area contributed by atoms with E-state index in [-0.39, 0.29) is 11.6 Å². The van der Waals surface area contributed by atoms with Gasteiger partial charge in [-0.25, -0.2) is 8.78 Å². The molecule has 2 aromatic rings. The van der Waals surface area contributed by atoms with Crippen LogP contribution in [0, 0.1) is 11.6 Å². The van der Waals surface area contributed by atoms with Crippen LogP contribution < -0.4 is 4.90 Å². The van der Waals surface area contributed by atoms with E-state index < -0.39 is 0 Å². The predicted molar refractivity (Wildman–Crippen MR) is 110 cm³/mol. The molecule has 2 aromatic carbocycles. The molecular formula is C22H26ClF2N3. The molecule has 0 saturated carbocycles. The highest BCUT2D eigenvalue weighted by molar-refractivity contribution is 6.31. The van der Waals surface area contributed by atoms with Gasteiger partial charge >= 0.3 is 0 Å². The van der Waals surface area contributed by atoms with Crippen molar-refractivity contribution in [3.8, 4) is 0 Å². The first-order chi connectivity index (χ1) is 13.6. The first-order valence-electron chi connectivity index (χ1n) is 10.00. The molecule has 0 radical (unpaired) electrons. The van der Waals surface area contributed by atoms with Gasteiger partial charge in [0.1, 0.15) is 11.6 Å². The van der Waals surface area contributed by atoms with Crippen molar-refractivity contribution in [2.24, 2.45) is 0 Å². The smallest absolute Gasteiger partial charge is 0.129 e. The van der Waals surface area contributed by atoms with E-state index in [4.69, 9.17) is 11.6 Å². The Balaban J connectivity index is 1.33. The fraction of sp³-hybridized carbons (Fsp3) is 0.455. The third-order valence-corrected chi connectivity index (χ3v) is 6.30. The Morgan fingerprint density at radius 3 is 2.39 bits per heavy atom. The molecule has 0 aromatic heterocycles. The van der Waals surface area contributed by atoms with Crippen LogP contribution in [-0.2, 0) is 6.54 Å². The minimum absolute atomic E-state index is 0.195. The zero-order chi connectivity index (χ0) is 19.5. The highest BCUT2D eigenvalue weighted by Crippen LogP contribution is 2.25. The van der Waals surface area contributed by atoms with Crippen LogP contribution in [-0.4, -0.2) is 55.1 Å².